The van der Waals surface area contributed by atoms with E-state index in [-0.39, 0.29) is 0 Å². The highest BCUT2D eigenvalue weighted by Crippen LogP contribution is 2.33. The first-order valence-electron chi connectivity index (χ1n) is 6.50. The van der Waals surface area contributed by atoms with Crippen LogP contribution in [-0.2, 0) is 0 Å². The SMILES string of the molecule is COc1cc2nc(-c3cc(C)cc(Cl)c3)[nH]c2cc1OC. The van der Waals surface area contributed by atoms with Crippen LogP contribution in [0, 0.1) is 6.92 Å². The van der Waals surface area contributed by atoms with Crippen LogP contribution in [0.4, 0.5) is 0 Å². The van der Waals surface area contributed by atoms with Crippen molar-refractivity contribution in [3.63, 3.8) is 0 Å². The van der Waals surface area contributed by atoms with Crippen molar-refractivity contribution in [1.29, 1.82) is 0 Å². The van der Waals surface area contributed by atoms with Crippen molar-refractivity contribution >= 4 is 22.6 Å². The van der Waals surface area contributed by atoms with Crippen molar-refractivity contribution in [2.45, 2.75) is 6.92 Å². The highest BCUT2D eigenvalue weighted by Gasteiger charge is 2.11. The number of aromatic amines is 1. The molecule has 0 fully saturated rings. The number of aryl methyl sites for hydroxylation is 1. The number of hydrogen-bond donors (Lipinski definition) is 1. The number of benzene rings is 2. The molecule has 0 saturated heterocycles. The standard InChI is InChI=1S/C16H15ClN2O2/c1-9-4-10(6-11(17)5-9)16-18-12-7-14(20-2)15(21-3)8-13(12)19-16/h4-8H,1-3H3,(H,18,19). The van der Waals surface area contributed by atoms with Crippen LogP contribution >= 0.6 is 11.6 Å². The van der Waals surface area contributed by atoms with Gasteiger partial charge in [-0.1, -0.05) is 11.6 Å². The lowest BCUT2D eigenvalue weighted by atomic mass is 10.1. The fraction of sp³-hybridized carbons (Fsp3) is 0.188. The predicted octanol–water partition coefficient (Wildman–Crippen LogP) is 4.21. The Hall–Kier alpha value is -2.20. The average molecular weight is 303 g/mol. The maximum absolute atomic E-state index is 6.11. The predicted molar refractivity (Wildman–Crippen MR) is 84.4 cm³/mol. The molecule has 0 saturated carbocycles. The maximum atomic E-state index is 6.11. The highest BCUT2D eigenvalue weighted by atomic mass is 35.5. The number of fused-ring (bicyclic) bond motifs is 1. The Bertz CT molecular complexity index is 750. The molecule has 0 aliphatic rings. The van der Waals surface area contributed by atoms with Gasteiger partial charge in [0.2, 0.25) is 0 Å². The third kappa shape index (κ3) is 2.54. The first-order valence-corrected chi connectivity index (χ1v) is 6.88. The Labute approximate surface area is 127 Å². The van der Waals surface area contributed by atoms with Gasteiger partial charge in [-0.2, -0.15) is 0 Å². The van der Waals surface area contributed by atoms with Gasteiger partial charge in [-0.05, 0) is 30.7 Å². The largest absolute Gasteiger partial charge is 0.493 e. The maximum Gasteiger partial charge on any atom is 0.163 e. The summed E-state index contributed by atoms with van der Waals surface area (Å²) >= 11 is 6.11. The molecular weight excluding hydrogens is 288 g/mol. The zero-order valence-corrected chi connectivity index (χ0v) is 12.8. The van der Waals surface area contributed by atoms with Crippen LogP contribution in [0.15, 0.2) is 30.3 Å². The van der Waals surface area contributed by atoms with Crippen LogP contribution in [0.1, 0.15) is 5.56 Å². The molecule has 0 bridgehead atoms. The molecule has 3 aromatic rings. The lowest BCUT2D eigenvalue weighted by molar-refractivity contribution is 0.356. The number of imidazole rings is 1. The molecule has 5 heteroatoms. The molecule has 21 heavy (non-hydrogen) atoms. The van der Waals surface area contributed by atoms with Gasteiger partial charge in [-0.25, -0.2) is 4.98 Å². The minimum atomic E-state index is 0.658. The second-order valence-corrected chi connectivity index (χ2v) is 5.26. The average Bonchev–Trinajstić information content (AvgIpc) is 2.87. The molecule has 0 amide bonds. The van der Waals surface area contributed by atoms with Crippen LogP contribution < -0.4 is 9.47 Å². The van der Waals surface area contributed by atoms with Gasteiger partial charge in [0.25, 0.3) is 0 Å². The Morgan fingerprint density at radius 3 is 2.38 bits per heavy atom. The molecule has 0 unspecified atom stereocenters. The van der Waals surface area contributed by atoms with Crippen molar-refractivity contribution in [2.24, 2.45) is 0 Å². The number of ether oxygens (including phenoxy) is 2. The Balaban J connectivity index is 2.16. The molecule has 0 atom stereocenters. The molecule has 1 aromatic heterocycles. The van der Waals surface area contributed by atoms with E-state index in [9.17, 15) is 0 Å². The van der Waals surface area contributed by atoms with E-state index in [1.807, 2.05) is 37.3 Å². The fourth-order valence-electron chi connectivity index (χ4n) is 2.35. The number of rotatable bonds is 3. The summed E-state index contributed by atoms with van der Waals surface area (Å²) in [5.74, 6) is 2.10. The zero-order valence-electron chi connectivity index (χ0n) is 12.0. The molecule has 0 radical (unpaired) electrons. The second kappa shape index (κ2) is 5.30. The quantitative estimate of drug-likeness (QED) is 0.788. The first kappa shape index (κ1) is 13.8. The summed E-state index contributed by atoms with van der Waals surface area (Å²) in [7, 11) is 3.22. The summed E-state index contributed by atoms with van der Waals surface area (Å²) in [6.45, 7) is 2.00. The molecule has 4 nitrogen and oxygen atoms in total. The topological polar surface area (TPSA) is 47.1 Å². The minimum Gasteiger partial charge on any atom is -0.493 e. The number of nitrogens with zero attached hydrogens (tertiary/aromatic N) is 1. The summed E-state index contributed by atoms with van der Waals surface area (Å²) in [6.07, 6.45) is 0. The molecule has 1 heterocycles. The second-order valence-electron chi connectivity index (χ2n) is 4.83. The number of hydrogen-bond acceptors (Lipinski definition) is 3. The van der Waals surface area contributed by atoms with Gasteiger partial charge < -0.3 is 14.5 Å². The Morgan fingerprint density at radius 1 is 1.00 bits per heavy atom. The fourth-order valence-corrected chi connectivity index (χ4v) is 2.64. The lowest BCUT2D eigenvalue weighted by Gasteiger charge is -2.06. The number of aromatic nitrogens is 2. The minimum absolute atomic E-state index is 0.658. The normalized spacial score (nSPS) is 10.9. The van der Waals surface area contributed by atoms with Crippen LogP contribution in [0.2, 0.25) is 5.02 Å². The molecule has 1 N–H and O–H groups in total. The van der Waals surface area contributed by atoms with E-state index in [2.05, 4.69) is 9.97 Å². The Morgan fingerprint density at radius 2 is 1.71 bits per heavy atom. The number of H-pyrrole nitrogens is 1. The summed E-state index contributed by atoms with van der Waals surface area (Å²) in [5.41, 5.74) is 3.75. The van der Waals surface area contributed by atoms with Crippen molar-refractivity contribution in [1.82, 2.24) is 9.97 Å². The smallest absolute Gasteiger partial charge is 0.163 e. The molecule has 2 aromatic carbocycles. The van der Waals surface area contributed by atoms with E-state index in [1.54, 1.807) is 14.2 Å². The van der Waals surface area contributed by atoms with E-state index in [4.69, 9.17) is 21.1 Å². The molecular formula is C16H15ClN2O2. The van der Waals surface area contributed by atoms with Crippen molar-refractivity contribution < 1.29 is 9.47 Å². The zero-order chi connectivity index (χ0) is 15.0. The van der Waals surface area contributed by atoms with Crippen molar-refractivity contribution in [3.8, 4) is 22.9 Å². The van der Waals surface area contributed by atoms with Gasteiger partial charge in [0.15, 0.2) is 11.5 Å². The molecule has 0 aliphatic heterocycles. The van der Waals surface area contributed by atoms with Gasteiger partial charge >= 0.3 is 0 Å². The highest BCUT2D eigenvalue weighted by molar-refractivity contribution is 6.30. The third-order valence-electron chi connectivity index (χ3n) is 3.30. The van der Waals surface area contributed by atoms with Gasteiger partial charge in [0, 0.05) is 22.7 Å². The van der Waals surface area contributed by atoms with Crippen LogP contribution in [0.25, 0.3) is 22.4 Å². The number of nitrogens with one attached hydrogen (secondary N) is 1. The van der Waals surface area contributed by atoms with Crippen molar-refractivity contribution in [2.75, 3.05) is 14.2 Å². The Kier molecular flexibility index (Phi) is 3.47. The van der Waals surface area contributed by atoms with E-state index in [0.29, 0.717) is 16.5 Å². The number of methoxy groups -OCH3 is 2. The summed E-state index contributed by atoms with van der Waals surface area (Å²) in [5, 5.41) is 0.695. The lowest BCUT2D eigenvalue weighted by Crippen LogP contribution is -1.89. The molecule has 3 rings (SSSR count). The van der Waals surface area contributed by atoms with Gasteiger partial charge in [-0.3, -0.25) is 0 Å². The van der Waals surface area contributed by atoms with Gasteiger partial charge in [0.05, 0.1) is 25.3 Å². The van der Waals surface area contributed by atoms with E-state index in [1.165, 1.54) is 0 Å². The monoisotopic (exact) mass is 302 g/mol. The van der Waals surface area contributed by atoms with E-state index < -0.39 is 0 Å². The summed E-state index contributed by atoms with van der Waals surface area (Å²) < 4.78 is 10.6. The van der Waals surface area contributed by atoms with Gasteiger partial charge in [0.1, 0.15) is 5.82 Å². The van der Waals surface area contributed by atoms with Crippen LogP contribution in [-0.4, -0.2) is 24.2 Å². The van der Waals surface area contributed by atoms with Gasteiger partial charge in [-0.15, -0.1) is 0 Å². The summed E-state index contributed by atoms with van der Waals surface area (Å²) in [6, 6.07) is 9.58. The van der Waals surface area contributed by atoms with Crippen molar-refractivity contribution in [3.05, 3.63) is 40.9 Å². The third-order valence-corrected chi connectivity index (χ3v) is 3.52. The first-order chi connectivity index (χ1) is 10.1. The van der Waals surface area contributed by atoms with Crippen LogP contribution in [0.5, 0.6) is 11.5 Å². The molecule has 0 spiro atoms. The van der Waals surface area contributed by atoms with Crippen LogP contribution in [0.3, 0.4) is 0 Å². The van der Waals surface area contributed by atoms with E-state index >= 15 is 0 Å². The number of halogens is 1. The van der Waals surface area contributed by atoms with E-state index in [0.717, 1.165) is 28.0 Å². The summed E-state index contributed by atoms with van der Waals surface area (Å²) in [4.78, 5) is 7.89. The molecule has 0 aliphatic carbocycles. The molecule has 108 valence electrons.